The van der Waals surface area contributed by atoms with Crippen molar-refractivity contribution in [1.29, 1.82) is 0 Å². The van der Waals surface area contributed by atoms with Crippen molar-refractivity contribution in [3.63, 3.8) is 0 Å². The number of H-pyrrole nitrogens is 1. The molecular weight excluding hydrogens is 270 g/mol. The van der Waals surface area contributed by atoms with Crippen molar-refractivity contribution in [3.05, 3.63) is 51.8 Å². The molecule has 0 spiro atoms. The Labute approximate surface area is 124 Å². The molecule has 3 rings (SSSR count). The fraction of sp³-hybridized carbons (Fsp3) is 0.438. The van der Waals surface area contributed by atoms with Gasteiger partial charge in [0.05, 0.1) is 5.69 Å². The summed E-state index contributed by atoms with van der Waals surface area (Å²) in [7, 11) is 0. The second-order valence-corrected chi connectivity index (χ2v) is 5.84. The number of nitrogens with one attached hydrogen (secondary N) is 2. The zero-order valence-corrected chi connectivity index (χ0v) is 12.5. The minimum atomic E-state index is 0.496. The molecule has 1 aliphatic rings. The van der Waals surface area contributed by atoms with Crippen LogP contribution < -0.4 is 5.32 Å². The van der Waals surface area contributed by atoms with Gasteiger partial charge < -0.3 is 5.32 Å². The summed E-state index contributed by atoms with van der Waals surface area (Å²) in [5.41, 5.74) is 5.01. The molecule has 0 radical (unpaired) electrons. The second-order valence-electron chi connectivity index (χ2n) is 5.44. The van der Waals surface area contributed by atoms with E-state index in [0.717, 1.165) is 42.2 Å². The van der Waals surface area contributed by atoms with Crippen LogP contribution in [0.4, 0.5) is 0 Å². The molecule has 0 saturated heterocycles. The Bertz CT molecular complexity index is 591. The summed E-state index contributed by atoms with van der Waals surface area (Å²) in [6.45, 7) is 2.96. The number of halogens is 1. The minimum absolute atomic E-state index is 0.496. The Hall–Kier alpha value is -1.32. The maximum absolute atomic E-state index is 6.30. The largest absolute Gasteiger partial charge is 0.308 e. The Balaban J connectivity index is 1.61. The van der Waals surface area contributed by atoms with E-state index < -0.39 is 0 Å². The van der Waals surface area contributed by atoms with E-state index in [1.54, 1.807) is 0 Å². The molecule has 1 aromatic carbocycles. The summed E-state index contributed by atoms with van der Waals surface area (Å²) >= 11 is 6.30. The molecule has 20 heavy (non-hydrogen) atoms. The molecule has 0 bridgehead atoms. The van der Waals surface area contributed by atoms with Crippen molar-refractivity contribution in [3.8, 4) is 0 Å². The number of nitrogens with zero attached hydrogens (tertiary/aromatic N) is 1. The van der Waals surface area contributed by atoms with Gasteiger partial charge in [-0.3, -0.25) is 5.10 Å². The van der Waals surface area contributed by atoms with Crippen LogP contribution in [-0.4, -0.2) is 16.2 Å². The monoisotopic (exact) mass is 289 g/mol. The highest BCUT2D eigenvalue weighted by atomic mass is 35.5. The highest BCUT2D eigenvalue weighted by Gasteiger charge is 2.20. The van der Waals surface area contributed by atoms with Gasteiger partial charge in [-0.15, -0.1) is 0 Å². The topological polar surface area (TPSA) is 40.7 Å². The number of fused-ring (bicyclic) bond motifs is 1. The molecule has 2 aromatic rings. The van der Waals surface area contributed by atoms with Crippen LogP contribution >= 0.6 is 11.6 Å². The van der Waals surface area contributed by atoms with Gasteiger partial charge in [-0.25, -0.2) is 0 Å². The molecule has 2 N–H and O–H groups in total. The van der Waals surface area contributed by atoms with Gasteiger partial charge in [0.1, 0.15) is 0 Å². The zero-order valence-electron chi connectivity index (χ0n) is 11.7. The average Bonchev–Trinajstić information content (AvgIpc) is 2.94. The van der Waals surface area contributed by atoms with E-state index in [1.807, 2.05) is 12.1 Å². The van der Waals surface area contributed by atoms with Crippen molar-refractivity contribution in [2.45, 2.75) is 45.2 Å². The normalized spacial score (nSPS) is 18.0. The van der Waals surface area contributed by atoms with E-state index in [0.29, 0.717) is 6.04 Å². The van der Waals surface area contributed by atoms with E-state index in [4.69, 9.17) is 11.6 Å². The minimum Gasteiger partial charge on any atom is -0.308 e. The summed E-state index contributed by atoms with van der Waals surface area (Å²) in [6.07, 6.45) is 4.27. The van der Waals surface area contributed by atoms with Gasteiger partial charge >= 0.3 is 0 Å². The molecule has 0 aliphatic heterocycles. The first-order valence-electron chi connectivity index (χ1n) is 7.29. The highest BCUT2D eigenvalue weighted by Crippen LogP contribution is 2.27. The predicted molar refractivity (Wildman–Crippen MR) is 82.1 cm³/mol. The average molecular weight is 290 g/mol. The lowest BCUT2D eigenvalue weighted by Crippen LogP contribution is -2.34. The Kier molecular flexibility index (Phi) is 4.08. The van der Waals surface area contributed by atoms with Crippen LogP contribution in [0.25, 0.3) is 0 Å². The van der Waals surface area contributed by atoms with E-state index in [1.165, 1.54) is 17.5 Å². The molecule has 106 valence electrons. The van der Waals surface area contributed by atoms with Gasteiger partial charge in [-0.05, 0) is 48.9 Å². The van der Waals surface area contributed by atoms with Gasteiger partial charge in [-0.2, -0.15) is 5.10 Å². The summed E-state index contributed by atoms with van der Waals surface area (Å²) in [5.74, 6) is 0. The summed E-state index contributed by atoms with van der Waals surface area (Å²) < 4.78 is 0. The highest BCUT2D eigenvalue weighted by molar-refractivity contribution is 6.31. The first-order chi connectivity index (χ1) is 9.76. The maximum Gasteiger partial charge on any atom is 0.0622 e. The third kappa shape index (κ3) is 2.89. The fourth-order valence-corrected chi connectivity index (χ4v) is 3.13. The van der Waals surface area contributed by atoms with Gasteiger partial charge in [-0.1, -0.05) is 30.7 Å². The maximum atomic E-state index is 6.30. The van der Waals surface area contributed by atoms with Crippen LogP contribution in [0.15, 0.2) is 24.3 Å². The third-order valence-electron chi connectivity index (χ3n) is 4.06. The Morgan fingerprint density at radius 1 is 1.45 bits per heavy atom. The van der Waals surface area contributed by atoms with Gasteiger partial charge in [0, 0.05) is 23.3 Å². The first kappa shape index (κ1) is 13.7. The molecule has 1 atom stereocenters. The van der Waals surface area contributed by atoms with Crippen LogP contribution in [0, 0.1) is 0 Å². The van der Waals surface area contributed by atoms with Crippen LogP contribution in [0.2, 0.25) is 5.02 Å². The summed E-state index contributed by atoms with van der Waals surface area (Å²) in [6, 6.07) is 8.86. The Morgan fingerprint density at radius 2 is 2.35 bits per heavy atom. The number of aromatic amines is 1. The van der Waals surface area contributed by atoms with Crippen molar-refractivity contribution in [2.75, 3.05) is 0 Å². The number of rotatable bonds is 4. The molecule has 1 unspecified atom stereocenters. The van der Waals surface area contributed by atoms with E-state index in [2.05, 4.69) is 34.6 Å². The smallest absolute Gasteiger partial charge is 0.0622 e. The second kappa shape index (κ2) is 5.98. The standard InChI is InChI=1S/C16H20ClN3/c1-2-12-8-14(20-19-12)10-18-13-7-6-11-4-3-5-16(17)15(11)9-13/h3-5,8,13,18H,2,6-7,9-10H2,1H3,(H,19,20). The third-order valence-corrected chi connectivity index (χ3v) is 4.41. The zero-order chi connectivity index (χ0) is 13.9. The molecule has 1 heterocycles. The molecule has 0 amide bonds. The Morgan fingerprint density at radius 3 is 3.15 bits per heavy atom. The molecule has 0 saturated carbocycles. The lowest BCUT2D eigenvalue weighted by Gasteiger charge is -2.26. The lowest BCUT2D eigenvalue weighted by molar-refractivity contribution is 0.454. The van der Waals surface area contributed by atoms with Crippen molar-refractivity contribution in [2.24, 2.45) is 0 Å². The molecule has 4 heteroatoms. The lowest BCUT2D eigenvalue weighted by atomic mass is 9.88. The number of hydrogen-bond donors (Lipinski definition) is 2. The van der Waals surface area contributed by atoms with Crippen LogP contribution in [0.5, 0.6) is 0 Å². The van der Waals surface area contributed by atoms with Crippen molar-refractivity contribution < 1.29 is 0 Å². The molecule has 3 nitrogen and oxygen atoms in total. The molecule has 0 fully saturated rings. The number of aromatic nitrogens is 2. The summed E-state index contributed by atoms with van der Waals surface area (Å²) in [5, 5.41) is 11.9. The van der Waals surface area contributed by atoms with Crippen molar-refractivity contribution in [1.82, 2.24) is 15.5 Å². The van der Waals surface area contributed by atoms with Crippen LogP contribution in [-0.2, 0) is 25.8 Å². The SMILES string of the molecule is CCc1cc(CNC2CCc3cccc(Cl)c3C2)[nH]n1. The first-order valence-corrected chi connectivity index (χ1v) is 7.67. The summed E-state index contributed by atoms with van der Waals surface area (Å²) in [4.78, 5) is 0. The van der Waals surface area contributed by atoms with Gasteiger partial charge in [0.15, 0.2) is 0 Å². The number of aryl methyl sites for hydroxylation is 2. The number of hydrogen-bond acceptors (Lipinski definition) is 2. The van der Waals surface area contributed by atoms with Gasteiger partial charge in [0.25, 0.3) is 0 Å². The predicted octanol–water partition coefficient (Wildman–Crippen LogP) is 3.27. The van der Waals surface area contributed by atoms with E-state index in [9.17, 15) is 0 Å². The van der Waals surface area contributed by atoms with Crippen LogP contribution in [0.3, 0.4) is 0 Å². The van der Waals surface area contributed by atoms with E-state index >= 15 is 0 Å². The van der Waals surface area contributed by atoms with Gasteiger partial charge in [0.2, 0.25) is 0 Å². The fourth-order valence-electron chi connectivity index (χ4n) is 2.85. The molecule has 1 aliphatic carbocycles. The quantitative estimate of drug-likeness (QED) is 0.907. The van der Waals surface area contributed by atoms with Crippen LogP contribution in [0.1, 0.15) is 35.9 Å². The molecular formula is C16H20ClN3. The number of benzene rings is 1. The van der Waals surface area contributed by atoms with Crippen molar-refractivity contribution >= 4 is 11.6 Å². The molecule has 1 aromatic heterocycles. The van der Waals surface area contributed by atoms with E-state index in [-0.39, 0.29) is 0 Å².